The summed E-state index contributed by atoms with van der Waals surface area (Å²) in [5.74, 6) is -1.26. The van der Waals surface area contributed by atoms with Gasteiger partial charge in [-0.25, -0.2) is 4.79 Å². The summed E-state index contributed by atoms with van der Waals surface area (Å²) in [5.41, 5.74) is 0.130. The molecule has 0 aliphatic heterocycles. The average molecular weight is 192 g/mol. The van der Waals surface area contributed by atoms with Gasteiger partial charge in [0.25, 0.3) is 0 Å². The van der Waals surface area contributed by atoms with Gasteiger partial charge in [0.2, 0.25) is 5.69 Å². The Balaban J connectivity index is 3.64. The van der Waals surface area contributed by atoms with Gasteiger partial charge in [-0.3, -0.25) is 0 Å². The highest BCUT2D eigenvalue weighted by Crippen LogP contribution is 2.11. The first-order chi connectivity index (χ1) is 6.49. The fourth-order valence-corrected chi connectivity index (χ4v) is 1.26. The number of rotatable bonds is 1. The first-order valence-electron chi connectivity index (χ1n) is 3.86. The number of nitrogens with zero attached hydrogens (tertiary/aromatic N) is 2. The van der Waals surface area contributed by atoms with Crippen LogP contribution >= 0.6 is 0 Å². The van der Waals surface area contributed by atoms with Crippen molar-refractivity contribution < 1.29 is 14.6 Å². The highest BCUT2D eigenvalue weighted by Gasteiger charge is 2.21. The molecular formula is C9H8N2O3. The largest absolute Gasteiger partial charge is 0.618 e. The van der Waals surface area contributed by atoms with E-state index in [2.05, 4.69) is 0 Å². The molecule has 0 radical (unpaired) electrons. The van der Waals surface area contributed by atoms with E-state index in [0.29, 0.717) is 10.4 Å². The Hall–Kier alpha value is -2.09. The first-order valence-corrected chi connectivity index (χ1v) is 3.86. The first kappa shape index (κ1) is 9.99. The normalized spacial score (nSPS) is 9.50. The predicted molar refractivity (Wildman–Crippen MR) is 46.6 cm³/mol. The monoisotopic (exact) mass is 192 g/mol. The molecule has 5 nitrogen and oxygen atoms in total. The summed E-state index contributed by atoms with van der Waals surface area (Å²) in [4.78, 5) is 10.8. The third-order valence-corrected chi connectivity index (χ3v) is 1.94. The molecule has 0 saturated heterocycles. The minimum atomic E-state index is -1.26. The van der Waals surface area contributed by atoms with Crippen LogP contribution in [0, 0.1) is 30.4 Å². The van der Waals surface area contributed by atoms with Crippen LogP contribution in [-0.2, 0) is 0 Å². The van der Waals surface area contributed by atoms with Crippen LogP contribution in [0.3, 0.4) is 0 Å². The van der Waals surface area contributed by atoms with Gasteiger partial charge in [0, 0.05) is 19.9 Å². The molecule has 1 rings (SSSR count). The maximum absolute atomic E-state index is 11.3. The topological polar surface area (TPSA) is 88.0 Å². The average Bonchev–Trinajstić information content (AvgIpc) is 2.12. The van der Waals surface area contributed by atoms with Crippen molar-refractivity contribution >= 4 is 5.97 Å². The van der Waals surface area contributed by atoms with E-state index in [0.717, 1.165) is 0 Å². The van der Waals surface area contributed by atoms with E-state index < -0.39 is 5.97 Å². The Labute approximate surface area is 80.4 Å². The van der Waals surface area contributed by atoms with Crippen molar-refractivity contribution in [3.63, 3.8) is 0 Å². The van der Waals surface area contributed by atoms with Gasteiger partial charge in [-0.05, 0) is 0 Å². The van der Waals surface area contributed by atoms with Crippen molar-refractivity contribution in [3.05, 3.63) is 33.8 Å². The van der Waals surface area contributed by atoms with Crippen molar-refractivity contribution in [3.8, 4) is 6.07 Å². The van der Waals surface area contributed by atoms with E-state index in [-0.39, 0.29) is 16.8 Å². The number of carboxylic acid groups (broad SMARTS) is 1. The highest BCUT2D eigenvalue weighted by molar-refractivity contribution is 5.91. The lowest BCUT2D eigenvalue weighted by Crippen LogP contribution is -2.36. The zero-order chi connectivity index (χ0) is 10.9. The van der Waals surface area contributed by atoms with Crippen LogP contribution in [0.15, 0.2) is 6.07 Å². The second-order valence-electron chi connectivity index (χ2n) is 2.87. The lowest BCUT2D eigenvalue weighted by atomic mass is 10.1. The molecule has 1 aromatic rings. The molecule has 0 spiro atoms. The molecule has 5 heteroatoms. The molecule has 0 atom stereocenters. The summed E-state index contributed by atoms with van der Waals surface area (Å²) >= 11 is 0. The lowest BCUT2D eigenvalue weighted by molar-refractivity contribution is -0.619. The van der Waals surface area contributed by atoms with E-state index >= 15 is 0 Å². The van der Waals surface area contributed by atoms with Gasteiger partial charge >= 0.3 is 5.97 Å². The number of aromatic nitrogens is 1. The van der Waals surface area contributed by atoms with Gasteiger partial charge in [0.05, 0.1) is 5.56 Å². The van der Waals surface area contributed by atoms with E-state index in [1.165, 1.54) is 19.9 Å². The summed E-state index contributed by atoms with van der Waals surface area (Å²) in [6, 6.07) is 3.02. The Kier molecular flexibility index (Phi) is 2.38. The molecule has 0 fully saturated rings. The third kappa shape index (κ3) is 1.38. The van der Waals surface area contributed by atoms with Gasteiger partial charge < -0.3 is 10.3 Å². The Bertz CT molecular complexity index is 446. The van der Waals surface area contributed by atoms with Gasteiger partial charge in [-0.1, -0.05) is 0 Å². The Morgan fingerprint density at radius 1 is 1.64 bits per heavy atom. The number of hydrogen-bond acceptors (Lipinski definition) is 3. The number of aryl methyl sites for hydroxylation is 1. The number of carboxylic acids is 1. The smallest absolute Gasteiger partial charge is 0.343 e. The van der Waals surface area contributed by atoms with Crippen molar-refractivity contribution in [2.45, 2.75) is 13.8 Å². The second-order valence-corrected chi connectivity index (χ2v) is 2.87. The van der Waals surface area contributed by atoms with Gasteiger partial charge in [0.1, 0.15) is 11.6 Å². The summed E-state index contributed by atoms with van der Waals surface area (Å²) in [7, 11) is 0. The zero-order valence-corrected chi connectivity index (χ0v) is 7.74. The molecule has 1 N–H and O–H groups in total. The van der Waals surface area contributed by atoms with Crippen LogP contribution in [0.2, 0.25) is 0 Å². The summed E-state index contributed by atoms with van der Waals surface area (Å²) in [5, 5.41) is 28.8. The van der Waals surface area contributed by atoms with E-state index in [4.69, 9.17) is 10.4 Å². The minimum Gasteiger partial charge on any atom is -0.618 e. The SMILES string of the molecule is Cc1cc(C#N)c(C(=O)O)c(C)[n+]1[O-]. The lowest BCUT2D eigenvalue weighted by Gasteiger charge is -2.07. The van der Waals surface area contributed by atoms with Gasteiger partial charge in [-0.2, -0.15) is 9.99 Å². The maximum Gasteiger partial charge on any atom is 0.343 e. The quantitative estimate of drug-likeness (QED) is 0.518. The highest BCUT2D eigenvalue weighted by atomic mass is 16.5. The van der Waals surface area contributed by atoms with Crippen LogP contribution in [0.25, 0.3) is 0 Å². The van der Waals surface area contributed by atoms with Crippen molar-refractivity contribution in [2.75, 3.05) is 0 Å². The summed E-state index contributed by atoms with van der Waals surface area (Å²) in [6.45, 7) is 2.90. The van der Waals surface area contributed by atoms with E-state index in [1.54, 1.807) is 6.07 Å². The minimum absolute atomic E-state index is 0.0135. The van der Waals surface area contributed by atoms with Gasteiger partial charge in [-0.15, -0.1) is 0 Å². The Morgan fingerprint density at radius 2 is 2.21 bits per heavy atom. The fraction of sp³-hybridized carbons (Fsp3) is 0.222. The molecule has 14 heavy (non-hydrogen) atoms. The maximum atomic E-state index is 11.3. The molecule has 0 saturated carbocycles. The number of aromatic carboxylic acids is 1. The molecule has 72 valence electrons. The number of nitriles is 1. The van der Waals surface area contributed by atoms with Gasteiger partial charge in [0.15, 0.2) is 5.69 Å². The molecule has 0 aliphatic carbocycles. The number of carbonyl (C=O) groups is 1. The molecule has 0 amide bonds. The van der Waals surface area contributed by atoms with Crippen LogP contribution in [0.4, 0.5) is 0 Å². The van der Waals surface area contributed by atoms with Crippen molar-refractivity contribution in [2.24, 2.45) is 0 Å². The van der Waals surface area contributed by atoms with E-state index in [1.807, 2.05) is 0 Å². The standard InChI is InChI=1S/C9H8N2O3/c1-5-3-7(4-10)8(9(12)13)6(2)11(5)14/h3H,1-2H3,(H,12,13). The molecular weight excluding hydrogens is 184 g/mol. The second kappa shape index (κ2) is 3.34. The van der Waals surface area contributed by atoms with E-state index in [9.17, 15) is 10.0 Å². The number of hydrogen-bond donors (Lipinski definition) is 1. The molecule has 0 bridgehead atoms. The van der Waals surface area contributed by atoms with Crippen LogP contribution in [0.1, 0.15) is 27.3 Å². The summed E-state index contributed by atoms with van der Waals surface area (Å²) in [6.07, 6.45) is 0. The predicted octanol–water partition coefficient (Wildman–Crippen LogP) is 0.507. The fourth-order valence-electron chi connectivity index (χ4n) is 1.26. The molecule has 0 aliphatic rings. The van der Waals surface area contributed by atoms with Crippen LogP contribution in [-0.4, -0.2) is 11.1 Å². The van der Waals surface area contributed by atoms with Crippen LogP contribution in [0.5, 0.6) is 0 Å². The number of pyridine rings is 1. The van der Waals surface area contributed by atoms with Crippen molar-refractivity contribution in [1.29, 1.82) is 5.26 Å². The molecule has 1 aromatic heterocycles. The zero-order valence-electron chi connectivity index (χ0n) is 7.74. The Morgan fingerprint density at radius 3 is 2.64 bits per heavy atom. The molecule has 0 unspecified atom stereocenters. The van der Waals surface area contributed by atoms with Crippen LogP contribution < -0.4 is 4.73 Å². The molecule has 1 heterocycles. The molecule has 0 aromatic carbocycles. The van der Waals surface area contributed by atoms with Crippen molar-refractivity contribution in [1.82, 2.24) is 0 Å². The summed E-state index contributed by atoms with van der Waals surface area (Å²) < 4.78 is 0.504. The third-order valence-electron chi connectivity index (χ3n) is 1.94.